The fourth-order valence-corrected chi connectivity index (χ4v) is 3.41. The number of rotatable bonds is 5. The van der Waals surface area contributed by atoms with E-state index < -0.39 is 23.6 Å². The van der Waals surface area contributed by atoms with Crippen molar-refractivity contribution >= 4 is 24.2 Å². The number of carbonyl (C=O) groups is 2. The molecule has 26 heavy (non-hydrogen) atoms. The number of halogens is 3. The summed E-state index contributed by atoms with van der Waals surface area (Å²) in [7, 11) is 0. The first kappa shape index (κ1) is 22.3. The summed E-state index contributed by atoms with van der Waals surface area (Å²) in [5.41, 5.74) is 5.49. The average molecular weight is 390 g/mol. The lowest BCUT2D eigenvalue weighted by molar-refractivity contribution is -0.136. The highest BCUT2D eigenvalue weighted by molar-refractivity contribution is 5.85. The molecular weight excluding hydrogens is 364 g/mol. The molecule has 2 amide bonds. The number of likely N-dealkylation sites (tertiary alicyclic amines) is 1. The molecule has 5 nitrogen and oxygen atoms in total. The van der Waals surface area contributed by atoms with Crippen molar-refractivity contribution in [2.75, 3.05) is 13.1 Å². The second kappa shape index (κ2) is 9.83. The molecule has 0 aliphatic carbocycles. The first-order valence-electron chi connectivity index (χ1n) is 8.54. The molecule has 3 N–H and O–H groups in total. The average Bonchev–Trinajstić information content (AvgIpc) is 2.53. The molecule has 1 aliphatic heterocycles. The predicted octanol–water partition coefficient (Wildman–Crippen LogP) is 2.54. The molecule has 1 heterocycles. The summed E-state index contributed by atoms with van der Waals surface area (Å²) >= 11 is 0. The number of carbonyl (C=O) groups excluding carboxylic acids is 2. The maximum atomic E-state index is 14.1. The van der Waals surface area contributed by atoms with Crippen LogP contribution in [-0.2, 0) is 9.59 Å². The number of hydrogen-bond donors (Lipinski definition) is 2. The summed E-state index contributed by atoms with van der Waals surface area (Å²) in [4.78, 5) is 25.9. The molecule has 0 saturated carbocycles. The predicted molar refractivity (Wildman–Crippen MR) is 97.7 cm³/mol. The molecule has 3 unspecified atom stereocenters. The van der Waals surface area contributed by atoms with Gasteiger partial charge in [-0.2, -0.15) is 0 Å². The van der Waals surface area contributed by atoms with Crippen LogP contribution in [-0.4, -0.2) is 35.8 Å². The number of benzene rings is 1. The van der Waals surface area contributed by atoms with E-state index in [4.69, 9.17) is 5.73 Å². The van der Waals surface area contributed by atoms with Gasteiger partial charge in [0.1, 0.15) is 11.6 Å². The van der Waals surface area contributed by atoms with Crippen LogP contribution in [0.4, 0.5) is 8.78 Å². The fraction of sp³-hybridized carbons (Fsp3) is 0.556. The molecule has 146 valence electrons. The number of nitrogens with zero attached hydrogens (tertiary/aromatic N) is 1. The van der Waals surface area contributed by atoms with E-state index in [0.717, 1.165) is 25.0 Å². The Morgan fingerprint density at radius 2 is 1.96 bits per heavy atom. The van der Waals surface area contributed by atoms with Gasteiger partial charge in [-0.3, -0.25) is 9.59 Å². The third kappa shape index (κ3) is 5.38. The molecule has 1 aromatic carbocycles. The summed E-state index contributed by atoms with van der Waals surface area (Å²) in [6, 6.07) is 2.34. The standard InChI is InChI=1S/C18H25F2N3O2.ClH/c1-11-6-7-23(13(8-11)10-21)17(25)9-16(22-12(2)24)18-14(19)4-3-5-15(18)20;/h3-5,11,13,16H,6-10,21H2,1-2H3,(H,22,24);1H. The SMILES string of the molecule is CC(=O)NC(CC(=O)N1CCC(C)CC1CN)c1c(F)cccc1F.Cl. The van der Waals surface area contributed by atoms with Crippen molar-refractivity contribution in [2.45, 2.75) is 45.2 Å². The lowest BCUT2D eigenvalue weighted by Gasteiger charge is -2.38. The monoisotopic (exact) mass is 389 g/mol. The third-order valence-corrected chi connectivity index (χ3v) is 4.67. The Bertz CT molecular complexity index is 625. The van der Waals surface area contributed by atoms with Crippen molar-refractivity contribution in [1.82, 2.24) is 10.2 Å². The minimum atomic E-state index is -1.05. The fourth-order valence-electron chi connectivity index (χ4n) is 3.41. The van der Waals surface area contributed by atoms with Crippen molar-refractivity contribution in [1.29, 1.82) is 0 Å². The normalized spacial score (nSPS) is 20.9. The van der Waals surface area contributed by atoms with Crippen LogP contribution in [0.25, 0.3) is 0 Å². The van der Waals surface area contributed by atoms with Gasteiger partial charge in [-0.1, -0.05) is 13.0 Å². The number of hydrogen-bond acceptors (Lipinski definition) is 3. The van der Waals surface area contributed by atoms with Crippen molar-refractivity contribution in [3.63, 3.8) is 0 Å². The van der Waals surface area contributed by atoms with Gasteiger partial charge in [0.2, 0.25) is 11.8 Å². The maximum absolute atomic E-state index is 14.1. The molecule has 3 atom stereocenters. The summed E-state index contributed by atoms with van der Waals surface area (Å²) in [6.45, 7) is 4.27. The van der Waals surface area contributed by atoms with Crippen LogP contribution in [0.5, 0.6) is 0 Å². The van der Waals surface area contributed by atoms with Crippen LogP contribution in [0.15, 0.2) is 18.2 Å². The second-order valence-electron chi connectivity index (χ2n) is 6.70. The van der Waals surface area contributed by atoms with Crippen LogP contribution in [0, 0.1) is 17.6 Å². The van der Waals surface area contributed by atoms with Crippen molar-refractivity contribution in [3.05, 3.63) is 35.4 Å². The Morgan fingerprint density at radius 1 is 1.35 bits per heavy atom. The Morgan fingerprint density at radius 3 is 2.50 bits per heavy atom. The Balaban J connectivity index is 0.00000338. The minimum absolute atomic E-state index is 0. The molecule has 0 bridgehead atoms. The van der Waals surface area contributed by atoms with E-state index >= 15 is 0 Å². The van der Waals surface area contributed by atoms with E-state index in [9.17, 15) is 18.4 Å². The van der Waals surface area contributed by atoms with Crippen molar-refractivity contribution in [3.8, 4) is 0 Å². The second-order valence-corrected chi connectivity index (χ2v) is 6.70. The quantitative estimate of drug-likeness (QED) is 0.812. The van der Waals surface area contributed by atoms with Gasteiger partial charge in [0.05, 0.1) is 12.5 Å². The minimum Gasteiger partial charge on any atom is -0.349 e. The van der Waals surface area contributed by atoms with Gasteiger partial charge >= 0.3 is 0 Å². The largest absolute Gasteiger partial charge is 0.349 e. The summed E-state index contributed by atoms with van der Waals surface area (Å²) in [6.07, 6.45) is 1.46. The summed E-state index contributed by atoms with van der Waals surface area (Å²) in [5.74, 6) is -1.80. The molecule has 0 aromatic heterocycles. The third-order valence-electron chi connectivity index (χ3n) is 4.67. The Labute approximate surface area is 158 Å². The lowest BCUT2D eigenvalue weighted by atomic mass is 9.91. The number of nitrogens with two attached hydrogens (primary N) is 1. The number of piperidine rings is 1. The van der Waals surface area contributed by atoms with Crippen molar-refractivity contribution in [2.24, 2.45) is 11.7 Å². The molecule has 1 aromatic rings. The molecular formula is C18H26ClF2N3O2. The van der Waals surface area contributed by atoms with Gasteiger partial charge in [0, 0.05) is 31.6 Å². The van der Waals surface area contributed by atoms with Crippen LogP contribution < -0.4 is 11.1 Å². The number of amides is 2. The van der Waals surface area contributed by atoms with Gasteiger partial charge in [-0.15, -0.1) is 12.4 Å². The van der Waals surface area contributed by atoms with Crippen molar-refractivity contribution < 1.29 is 18.4 Å². The molecule has 1 saturated heterocycles. The van der Waals surface area contributed by atoms with Crippen LogP contribution in [0.2, 0.25) is 0 Å². The van der Waals surface area contributed by atoms with Gasteiger partial charge in [0.15, 0.2) is 0 Å². The van der Waals surface area contributed by atoms with Crippen LogP contribution in [0.1, 0.15) is 44.7 Å². The molecule has 0 radical (unpaired) electrons. The lowest BCUT2D eigenvalue weighted by Crippen LogP contribution is -2.50. The first-order valence-corrected chi connectivity index (χ1v) is 8.54. The van der Waals surface area contributed by atoms with E-state index in [0.29, 0.717) is 19.0 Å². The highest BCUT2D eigenvalue weighted by Crippen LogP contribution is 2.27. The van der Waals surface area contributed by atoms with Gasteiger partial charge < -0.3 is 16.0 Å². The summed E-state index contributed by atoms with van der Waals surface area (Å²) in [5, 5.41) is 2.49. The van der Waals surface area contributed by atoms with E-state index in [1.54, 1.807) is 4.90 Å². The zero-order chi connectivity index (χ0) is 18.6. The topological polar surface area (TPSA) is 75.4 Å². The zero-order valence-electron chi connectivity index (χ0n) is 15.0. The van der Waals surface area contributed by atoms with E-state index in [-0.39, 0.29) is 36.3 Å². The van der Waals surface area contributed by atoms with Crippen LogP contribution in [0.3, 0.4) is 0 Å². The number of nitrogens with one attached hydrogen (secondary N) is 1. The molecule has 0 spiro atoms. The Hall–Kier alpha value is -1.73. The molecule has 2 rings (SSSR count). The highest BCUT2D eigenvalue weighted by atomic mass is 35.5. The van der Waals surface area contributed by atoms with Gasteiger partial charge in [-0.25, -0.2) is 8.78 Å². The molecule has 1 aliphatic rings. The van der Waals surface area contributed by atoms with E-state index in [2.05, 4.69) is 12.2 Å². The van der Waals surface area contributed by atoms with Gasteiger partial charge in [0.25, 0.3) is 0 Å². The van der Waals surface area contributed by atoms with E-state index in [1.807, 2.05) is 0 Å². The van der Waals surface area contributed by atoms with Gasteiger partial charge in [-0.05, 0) is 30.9 Å². The first-order chi connectivity index (χ1) is 11.8. The smallest absolute Gasteiger partial charge is 0.225 e. The highest BCUT2D eigenvalue weighted by Gasteiger charge is 2.32. The molecule has 8 heteroatoms. The van der Waals surface area contributed by atoms with Crippen LogP contribution >= 0.6 is 12.4 Å². The molecule has 1 fully saturated rings. The Kier molecular flexibility index (Phi) is 8.43. The van der Waals surface area contributed by atoms with E-state index in [1.165, 1.54) is 13.0 Å². The summed E-state index contributed by atoms with van der Waals surface area (Å²) < 4.78 is 28.2. The zero-order valence-corrected chi connectivity index (χ0v) is 15.8. The maximum Gasteiger partial charge on any atom is 0.225 e.